The Morgan fingerprint density at radius 1 is 0.521 bits per heavy atom. The summed E-state index contributed by atoms with van der Waals surface area (Å²) in [5.41, 5.74) is 7.50. The van der Waals surface area contributed by atoms with Gasteiger partial charge in [0.1, 0.15) is 5.65 Å². The van der Waals surface area contributed by atoms with Crippen LogP contribution < -0.4 is 4.74 Å². The van der Waals surface area contributed by atoms with Crippen LogP contribution in [0.25, 0.3) is 77.3 Å². The molecule has 10 rings (SSSR count). The Hall–Kier alpha value is -5.84. The van der Waals surface area contributed by atoms with Crippen molar-refractivity contribution < 1.29 is 25.8 Å². The molecule has 0 bridgehead atoms. The Kier molecular flexibility index (Phi) is 6.59. The van der Waals surface area contributed by atoms with E-state index in [4.69, 9.17) is 14.7 Å². The second-order valence-corrected chi connectivity index (χ2v) is 11.5. The third kappa shape index (κ3) is 4.26. The van der Waals surface area contributed by atoms with E-state index in [-0.39, 0.29) is 21.1 Å². The predicted molar refractivity (Wildman–Crippen MR) is 187 cm³/mol. The van der Waals surface area contributed by atoms with Crippen molar-refractivity contribution in [1.82, 2.24) is 23.8 Å². The van der Waals surface area contributed by atoms with Crippen molar-refractivity contribution in [3.63, 3.8) is 0 Å². The Labute approximate surface area is 289 Å². The van der Waals surface area contributed by atoms with Crippen molar-refractivity contribution in [2.24, 2.45) is 0 Å². The fourth-order valence-electron chi connectivity index (χ4n) is 6.82. The van der Waals surface area contributed by atoms with Gasteiger partial charge in [0.25, 0.3) is 0 Å². The van der Waals surface area contributed by atoms with Crippen LogP contribution in [0, 0.1) is 12.1 Å². The van der Waals surface area contributed by atoms with E-state index in [1.54, 1.807) is 0 Å². The first-order valence-corrected chi connectivity index (χ1v) is 15.5. The molecule has 0 aliphatic carbocycles. The number of fused-ring (bicyclic) bond motifs is 12. The first-order valence-electron chi connectivity index (χ1n) is 15.5. The maximum absolute atomic E-state index is 6.50. The Morgan fingerprint density at radius 2 is 1.15 bits per heavy atom. The number of pyridine rings is 3. The summed E-state index contributed by atoms with van der Waals surface area (Å²) in [5.74, 6) is 1.16. The van der Waals surface area contributed by atoms with E-state index in [2.05, 4.69) is 98.7 Å². The molecule has 0 atom stereocenters. The number of imidazole rings is 2. The molecule has 0 saturated heterocycles. The molecule has 0 fully saturated rings. The molecule has 228 valence electrons. The summed E-state index contributed by atoms with van der Waals surface area (Å²) in [7, 11) is 0. The molecule has 5 aromatic carbocycles. The minimum Gasteiger partial charge on any atom is -0.497 e. The van der Waals surface area contributed by atoms with E-state index >= 15 is 0 Å². The zero-order chi connectivity index (χ0) is 30.9. The van der Waals surface area contributed by atoms with Crippen LogP contribution in [0.3, 0.4) is 0 Å². The molecule has 0 N–H and O–H groups in total. The number of hydrogen-bond donors (Lipinski definition) is 0. The SMILES string of the molecule is [Pt+2].[c-]1c(Oc2[c-]c3c(cc2)c2cccnc2n2c(-c4ccccc4)c(-c4ccccc4)nc32)ccc2c1c1nccn1c1ccccc21. The fraction of sp³-hybridized carbons (Fsp3) is 0. The van der Waals surface area contributed by atoms with Gasteiger partial charge < -0.3 is 13.5 Å². The maximum atomic E-state index is 6.50. The molecule has 5 aromatic heterocycles. The van der Waals surface area contributed by atoms with Crippen LogP contribution in [-0.2, 0) is 21.1 Å². The quantitative estimate of drug-likeness (QED) is 0.132. The molecule has 0 radical (unpaired) electrons. The van der Waals surface area contributed by atoms with Crippen LogP contribution in [0.15, 0.2) is 140 Å². The van der Waals surface area contributed by atoms with E-state index in [1.165, 1.54) is 0 Å². The van der Waals surface area contributed by atoms with Gasteiger partial charge in [-0.1, -0.05) is 131 Å². The zero-order valence-electron chi connectivity index (χ0n) is 25.2. The van der Waals surface area contributed by atoms with Gasteiger partial charge in [0.15, 0.2) is 0 Å². The summed E-state index contributed by atoms with van der Waals surface area (Å²) in [6.07, 6.45) is 5.64. The number of hydrogen-bond acceptors (Lipinski definition) is 4. The molecule has 10 aromatic rings. The molecule has 0 amide bonds. The maximum Gasteiger partial charge on any atom is 2.00 e. The van der Waals surface area contributed by atoms with Gasteiger partial charge in [0.05, 0.1) is 22.7 Å². The van der Waals surface area contributed by atoms with Gasteiger partial charge in [-0.05, 0) is 22.9 Å². The van der Waals surface area contributed by atoms with Crippen LogP contribution in [0.1, 0.15) is 0 Å². The summed E-state index contributed by atoms with van der Waals surface area (Å²) >= 11 is 0. The number of nitrogens with zero attached hydrogens (tertiary/aromatic N) is 5. The zero-order valence-corrected chi connectivity index (χ0v) is 27.5. The minimum absolute atomic E-state index is 0. The molecule has 48 heavy (non-hydrogen) atoms. The molecule has 0 aliphatic heterocycles. The van der Waals surface area contributed by atoms with E-state index in [0.29, 0.717) is 11.5 Å². The van der Waals surface area contributed by atoms with Gasteiger partial charge in [-0.3, -0.25) is 9.97 Å². The van der Waals surface area contributed by atoms with Gasteiger partial charge in [-0.2, -0.15) is 0 Å². The second-order valence-electron chi connectivity index (χ2n) is 11.5. The fourth-order valence-corrected chi connectivity index (χ4v) is 6.82. The van der Waals surface area contributed by atoms with Crippen molar-refractivity contribution >= 4 is 54.8 Å². The van der Waals surface area contributed by atoms with Crippen LogP contribution in [0.4, 0.5) is 0 Å². The van der Waals surface area contributed by atoms with Crippen molar-refractivity contribution in [2.75, 3.05) is 0 Å². The van der Waals surface area contributed by atoms with Gasteiger partial charge >= 0.3 is 21.1 Å². The van der Waals surface area contributed by atoms with Gasteiger partial charge in [0.2, 0.25) is 0 Å². The largest absolute Gasteiger partial charge is 2.00 e. The summed E-state index contributed by atoms with van der Waals surface area (Å²) in [4.78, 5) is 14.8. The topological polar surface area (TPSA) is 56.7 Å². The Morgan fingerprint density at radius 3 is 1.92 bits per heavy atom. The Balaban J connectivity index is 0.00000314. The second kappa shape index (κ2) is 11.1. The van der Waals surface area contributed by atoms with Crippen LogP contribution >= 0.6 is 0 Å². The number of benzene rings is 5. The number of rotatable bonds is 4. The summed E-state index contributed by atoms with van der Waals surface area (Å²) < 4.78 is 10.8. The molecule has 6 nitrogen and oxygen atoms in total. The summed E-state index contributed by atoms with van der Waals surface area (Å²) in [5, 5.41) is 5.99. The smallest absolute Gasteiger partial charge is 0.497 e. The van der Waals surface area contributed by atoms with Crippen molar-refractivity contribution in [1.29, 1.82) is 0 Å². The number of para-hydroxylation sites is 1. The van der Waals surface area contributed by atoms with Crippen molar-refractivity contribution in [2.45, 2.75) is 0 Å². The minimum atomic E-state index is 0. The third-order valence-electron chi connectivity index (χ3n) is 8.86. The average Bonchev–Trinajstić information content (AvgIpc) is 3.80. The van der Waals surface area contributed by atoms with Gasteiger partial charge in [-0.25, -0.2) is 4.98 Å². The molecular weight excluding hydrogens is 774 g/mol. The molecule has 5 heterocycles. The first-order chi connectivity index (χ1) is 23.3. The van der Waals surface area contributed by atoms with E-state index < -0.39 is 0 Å². The van der Waals surface area contributed by atoms with Gasteiger partial charge in [-0.15, -0.1) is 12.1 Å². The van der Waals surface area contributed by atoms with Crippen molar-refractivity contribution in [3.8, 4) is 34.0 Å². The van der Waals surface area contributed by atoms with E-state index in [9.17, 15) is 0 Å². The molecule has 0 saturated carbocycles. The Bertz CT molecular complexity index is 2830. The molecular formula is C41H23N5OPt. The summed E-state index contributed by atoms with van der Waals surface area (Å²) in [6.45, 7) is 0. The molecule has 0 aliphatic rings. The van der Waals surface area contributed by atoms with Crippen LogP contribution in [-0.4, -0.2) is 23.8 Å². The monoisotopic (exact) mass is 796 g/mol. The van der Waals surface area contributed by atoms with E-state index in [1.807, 2.05) is 67.1 Å². The van der Waals surface area contributed by atoms with Crippen LogP contribution in [0.5, 0.6) is 11.5 Å². The molecule has 7 heteroatoms. The summed E-state index contributed by atoms with van der Waals surface area (Å²) in [6, 6.07) is 48.3. The van der Waals surface area contributed by atoms with Crippen LogP contribution in [0.2, 0.25) is 0 Å². The van der Waals surface area contributed by atoms with Crippen molar-refractivity contribution in [3.05, 3.63) is 152 Å². The number of aromatic nitrogens is 5. The predicted octanol–water partition coefficient (Wildman–Crippen LogP) is 9.71. The van der Waals surface area contributed by atoms with Gasteiger partial charge in [0, 0.05) is 46.7 Å². The number of ether oxygens (including phenoxy) is 1. The molecule has 0 spiro atoms. The first kappa shape index (κ1) is 28.4. The normalized spacial score (nSPS) is 11.6. The average molecular weight is 797 g/mol. The third-order valence-corrected chi connectivity index (χ3v) is 8.86. The van der Waals surface area contributed by atoms with E-state index in [0.717, 1.165) is 77.3 Å². The molecule has 0 unspecified atom stereocenters. The standard InChI is InChI=1S/C41H23N5O.Pt/c1-3-10-26(11-4-1)37-38(27-12-5-2-6-13-27)46-40-33(15-9-21-42-40)31-20-18-29(25-35(31)41(46)44-37)47-28-17-19-30-32-14-7-8-16-36(32)45-23-22-43-39(45)34(30)24-28;/h1-23H;/q-2;+2.